The van der Waals surface area contributed by atoms with E-state index < -0.39 is 0 Å². The average Bonchev–Trinajstić information content (AvgIpc) is 2.59. The van der Waals surface area contributed by atoms with E-state index >= 15 is 0 Å². The van der Waals surface area contributed by atoms with Crippen molar-refractivity contribution in [3.8, 4) is 0 Å². The molecule has 1 aromatic carbocycles. The van der Waals surface area contributed by atoms with E-state index in [1.165, 1.54) is 5.56 Å². The lowest BCUT2D eigenvalue weighted by Crippen LogP contribution is -2.26. The van der Waals surface area contributed by atoms with Gasteiger partial charge in [0.1, 0.15) is 0 Å². The van der Waals surface area contributed by atoms with E-state index in [1.54, 1.807) is 0 Å². The average molecular weight is 319 g/mol. The molecular weight excluding hydrogens is 290 g/mol. The van der Waals surface area contributed by atoms with E-state index in [0.717, 1.165) is 39.1 Å². The summed E-state index contributed by atoms with van der Waals surface area (Å²) >= 11 is 0. The lowest BCUT2D eigenvalue weighted by atomic mass is 9.98. The third kappa shape index (κ3) is 7.14. The Bertz CT molecular complexity index is 443. The molecule has 0 unspecified atom stereocenters. The molecule has 1 heterocycles. The van der Waals surface area contributed by atoms with Gasteiger partial charge in [-0.15, -0.1) is 0 Å². The highest BCUT2D eigenvalue weighted by molar-refractivity contribution is 5.76. The van der Waals surface area contributed by atoms with Crippen LogP contribution in [0.4, 0.5) is 0 Å². The minimum atomic E-state index is 0.116. The summed E-state index contributed by atoms with van der Waals surface area (Å²) in [6.45, 7) is 6.04. The first-order valence-corrected chi connectivity index (χ1v) is 8.73. The molecule has 1 atom stereocenters. The number of carbonyl (C=O) groups excluding carboxylic acids is 1. The van der Waals surface area contributed by atoms with Crippen LogP contribution >= 0.6 is 0 Å². The third-order valence-corrected chi connectivity index (χ3v) is 4.34. The Morgan fingerprint density at radius 3 is 2.78 bits per heavy atom. The van der Waals surface area contributed by atoms with Crippen LogP contribution in [0.3, 0.4) is 0 Å². The predicted octanol–water partition coefficient (Wildman–Crippen LogP) is 3.13. The van der Waals surface area contributed by atoms with Gasteiger partial charge in [0, 0.05) is 39.4 Å². The lowest BCUT2D eigenvalue weighted by molar-refractivity contribution is -0.121. The number of amides is 1. The molecule has 1 aliphatic heterocycles. The van der Waals surface area contributed by atoms with Crippen LogP contribution in [0.1, 0.15) is 44.1 Å². The quantitative estimate of drug-likeness (QED) is 0.711. The van der Waals surface area contributed by atoms with Crippen molar-refractivity contribution >= 4 is 5.91 Å². The Labute approximate surface area is 139 Å². The molecule has 0 aromatic heterocycles. The van der Waals surface area contributed by atoms with Gasteiger partial charge in [-0.3, -0.25) is 4.79 Å². The molecule has 1 N–H and O–H groups in total. The molecule has 0 bridgehead atoms. The molecule has 2 rings (SSSR count). The van der Waals surface area contributed by atoms with Crippen LogP contribution in [0.25, 0.3) is 0 Å². The molecular formula is C19H29NO3. The van der Waals surface area contributed by atoms with Crippen molar-refractivity contribution in [1.82, 2.24) is 5.32 Å². The Morgan fingerprint density at radius 1 is 1.30 bits per heavy atom. The normalized spacial score (nSPS) is 16.9. The first-order valence-electron chi connectivity index (χ1n) is 8.73. The largest absolute Gasteiger partial charge is 0.381 e. The van der Waals surface area contributed by atoms with Crippen LogP contribution in [0.2, 0.25) is 0 Å². The standard InChI is InChI=1S/C19H29NO3/c1-16(18-6-3-2-4-7-18)14-19(21)20-10-5-11-23-15-17-8-12-22-13-9-17/h2-4,6-7,16-17H,5,8-15H2,1H3,(H,20,21)/t16-/m1/s1. The fourth-order valence-electron chi connectivity index (χ4n) is 2.81. The van der Waals surface area contributed by atoms with Crippen LogP contribution in [0, 0.1) is 5.92 Å². The molecule has 1 aromatic rings. The molecule has 23 heavy (non-hydrogen) atoms. The highest BCUT2D eigenvalue weighted by Crippen LogP contribution is 2.18. The van der Waals surface area contributed by atoms with Crippen molar-refractivity contribution in [3.63, 3.8) is 0 Å². The highest BCUT2D eigenvalue weighted by atomic mass is 16.5. The second kappa shape index (κ2) is 10.4. The fraction of sp³-hybridized carbons (Fsp3) is 0.632. The second-order valence-corrected chi connectivity index (χ2v) is 6.35. The third-order valence-electron chi connectivity index (χ3n) is 4.34. The van der Waals surface area contributed by atoms with E-state index in [4.69, 9.17) is 9.47 Å². The van der Waals surface area contributed by atoms with Crippen molar-refractivity contribution in [1.29, 1.82) is 0 Å². The van der Waals surface area contributed by atoms with Gasteiger partial charge < -0.3 is 14.8 Å². The molecule has 0 aliphatic carbocycles. The second-order valence-electron chi connectivity index (χ2n) is 6.35. The minimum Gasteiger partial charge on any atom is -0.381 e. The van der Waals surface area contributed by atoms with E-state index in [0.29, 0.717) is 25.5 Å². The topological polar surface area (TPSA) is 47.6 Å². The van der Waals surface area contributed by atoms with Gasteiger partial charge in [-0.05, 0) is 36.7 Å². The lowest BCUT2D eigenvalue weighted by Gasteiger charge is -2.21. The zero-order valence-corrected chi connectivity index (χ0v) is 14.1. The van der Waals surface area contributed by atoms with Crippen LogP contribution < -0.4 is 5.32 Å². The van der Waals surface area contributed by atoms with Gasteiger partial charge in [0.25, 0.3) is 0 Å². The van der Waals surface area contributed by atoms with Gasteiger partial charge in [-0.2, -0.15) is 0 Å². The zero-order chi connectivity index (χ0) is 16.3. The SMILES string of the molecule is C[C@H](CC(=O)NCCCOCC1CCOCC1)c1ccccc1. The van der Waals surface area contributed by atoms with Gasteiger partial charge in [-0.1, -0.05) is 37.3 Å². The monoisotopic (exact) mass is 319 g/mol. The molecule has 0 spiro atoms. The van der Waals surface area contributed by atoms with Gasteiger partial charge in [0.2, 0.25) is 5.91 Å². The maximum atomic E-state index is 11.9. The Balaban J connectivity index is 1.49. The smallest absolute Gasteiger partial charge is 0.220 e. The summed E-state index contributed by atoms with van der Waals surface area (Å²) in [4.78, 5) is 11.9. The summed E-state index contributed by atoms with van der Waals surface area (Å²) in [6.07, 6.45) is 3.61. The summed E-state index contributed by atoms with van der Waals surface area (Å²) in [5.74, 6) is 1.01. The van der Waals surface area contributed by atoms with Gasteiger partial charge >= 0.3 is 0 Å². The Kier molecular flexibility index (Phi) is 8.12. The molecule has 4 nitrogen and oxygen atoms in total. The molecule has 1 aliphatic rings. The number of hydrogen-bond donors (Lipinski definition) is 1. The Morgan fingerprint density at radius 2 is 2.04 bits per heavy atom. The van der Waals surface area contributed by atoms with Crippen molar-refractivity contribution in [2.45, 2.75) is 38.5 Å². The molecule has 1 amide bonds. The summed E-state index contributed by atoms with van der Waals surface area (Å²) in [5, 5.41) is 2.98. The molecule has 1 fully saturated rings. The molecule has 4 heteroatoms. The molecule has 1 saturated heterocycles. The Hall–Kier alpha value is -1.39. The molecule has 0 saturated carbocycles. The van der Waals surface area contributed by atoms with Crippen LogP contribution in [-0.2, 0) is 14.3 Å². The summed E-state index contributed by atoms with van der Waals surface area (Å²) in [6, 6.07) is 10.2. The summed E-state index contributed by atoms with van der Waals surface area (Å²) in [5.41, 5.74) is 1.21. The zero-order valence-electron chi connectivity index (χ0n) is 14.1. The van der Waals surface area contributed by atoms with Crippen molar-refractivity contribution < 1.29 is 14.3 Å². The first kappa shape index (κ1) is 18.0. The van der Waals surface area contributed by atoms with E-state index in [9.17, 15) is 4.79 Å². The summed E-state index contributed by atoms with van der Waals surface area (Å²) < 4.78 is 11.0. The summed E-state index contributed by atoms with van der Waals surface area (Å²) in [7, 11) is 0. The number of nitrogens with one attached hydrogen (secondary N) is 1. The first-order chi connectivity index (χ1) is 11.3. The fourth-order valence-corrected chi connectivity index (χ4v) is 2.81. The van der Waals surface area contributed by atoms with Crippen LogP contribution in [0.5, 0.6) is 0 Å². The van der Waals surface area contributed by atoms with Gasteiger partial charge in [0.15, 0.2) is 0 Å². The van der Waals surface area contributed by atoms with E-state index in [1.807, 2.05) is 18.2 Å². The maximum absolute atomic E-state index is 11.9. The number of benzene rings is 1. The van der Waals surface area contributed by atoms with Crippen LogP contribution in [-0.4, -0.2) is 38.9 Å². The van der Waals surface area contributed by atoms with Gasteiger partial charge in [0.05, 0.1) is 0 Å². The number of ether oxygens (including phenoxy) is 2. The van der Waals surface area contributed by atoms with E-state index in [-0.39, 0.29) is 11.8 Å². The van der Waals surface area contributed by atoms with Crippen LogP contribution in [0.15, 0.2) is 30.3 Å². The number of rotatable bonds is 9. The molecule has 0 radical (unpaired) electrons. The van der Waals surface area contributed by atoms with Crippen molar-refractivity contribution in [3.05, 3.63) is 35.9 Å². The predicted molar refractivity (Wildman–Crippen MR) is 91.5 cm³/mol. The van der Waals surface area contributed by atoms with E-state index in [2.05, 4.69) is 24.4 Å². The van der Waals surface area contributed by atoms with Crippen molar-refractivity contribution in [2.75, 3.05) is 33.0 Å². The van der Waals surface area contributed by atoms with Crippen molar-refractivity contribution in [2.24, 2.45) is 5.92 Å². The number of hydrogen-bond acceptors (Lipinski definition) is 3. The highest BCUT2D eigenvalue weighted by Gasteiger charge is 2.13. The number of carbonyl (C=O) groups is 1. The maximum Gasteiger partial charge on any atom is 0.220 e. The molecule has 128 valence electrons. The van der Waals surface area contributed by atoms with Gasteiger partial charge in [-0.25, -0.2) is 0 Å². The minimum absolute atomic E-state index is 0.116.